The monoisotopic (exact) mass is 362 g/mol. The molecule has 0 aliphatic carbocycles. The highest BCUT2D eigenvalue weighted by Crippen LogP contribution is 2.34. The van der Waals surface area contributed by atoms with E-state index in [4.69, 9.17) is 0 Å². The Bertz CT molecular complexity index is 625. The first-order chi connectivity index (χ1) is 9.77. The Morgan fingerprint density at radius 2 is 2.10 bits per heavy atom. The van der Waals surface area contributed by atoms with E-state index in [1.807, 2.05) is 6.20 Å². The van der Waals surface area contributed by atoms with Gasteiger partial charge in [-0.1, -0.05) is 15.9 Å². The third-order valence-electron chi connectivity index (χ3n) is 3.15. The summed E-state index contributed by atoms with van der Waals surface area (Å²) in [5, 5.41) is 14.1. The van der Waals surface area contributed by atoms with Gasteiger partial charge in [0, 0.05) is 17.7 Å². The number of aryl methyl sites for hydroxylation is 2. The summed E-state index contributed by atoms with van der Waals surface area (Å²) in [4.78, 5) is 0. The number of aliphatic hydroxyl groups is 1. The van der Waals surface area contributed by atoms with Crippen LogP contribution < -0.4 is 0 Å². The second kappa shape index (κ2) is 6.19. The Morgan fingerprint density at radius 3 is 2.67 bits per heavy atom. The first-order valence-corrected chi connectivity index (χ1v) is 7.09. The van der Waals surface area contributed by atoms with Gasteiger partial charge in [-0.15, -0.1) is 0 Å². The molecule has 0 saturated carbocycles. The zero-order valence-corrected chi connectivity index (χ0v) is 12.8. The van der Waals surface area contributed by atoms with Gasteiger partial charge < -0.3 is 5.11 Å². The largest absolute Gasteiger partial charge is 0.416 e. The standard InChI is InChI=1S/C14H14BrF3N2O/c1-20-8-9(7-19-20)2-5-13(21)11-6-10(14(16,17)18)3-4-12(11)15/h3-4,6-8,13,21H,2,5H2,1H3. The third-order valence-corrected chi connectivity index (χ3v) is 3.87. The third kappa shape index (κ3) is 4.07. The normalized spacial score (nSPS) is 13.4. The van der Waals surface area contributed by atoms with Crippen LogP contribution in [-0.2, 0) is 19.6 Å². The Kier molecular flexibility index (Phi) is 4.73. The molecule has 2 aromatic rings. The van der Waals surface area contributed by atoms with Crippen LogP contribution in [0.3, 0.4) is 0 Å². The number of hydrogen-bond donors (Lipinski definition) is 1. The Morgan fingerprint density at radius 1 is 1.38 bits per heavy atom. The lowest BCUT2D eigenvalue weighted by Gasteiger charge is -2.15. The molecule has 0 saturated heterocycles. The fraction of sp³-hybridized carbons (Fsp3) is 0.357. The molecule has 3 nitrogen and oxygen atoms in total. The molecule has 0 amide bonds. The lowest BCUT2D eigenvalue weighted by molar-refractivity contribution is -0.137. The Labute approximate surface area is 128 Å². The Balaban J connectivity index is 2.12. The molecular formula is C14H14BrF3N2O. The van der Waals surface area contributed by atoms with Gasteiger partial charge in [0.25, 0.3) is 0 Å². The minimum absolute atomic E-state index is 0.244. The van der Waals surface area contributed by atoms with E-state index in [2.05, 4.69) is 21.0 Å². The molecule has 2 rings (SSSR count). The molecule has 114 valence electrons. The minimum Gasteiger partial charge on any atom is -0.388 e. The first-order valence-electron chi connectivity index (χ1n) is 6.29. The van der Waals surface area contributed by atoms with Gasteiger partial charge >= 0.3 is 6.18 Å². The summed E-state index contributed by atoms with van der Waals surface area (Å²) in [6, 6.07) is 3.28. The maximum absolute atomic E-state index is 12.7. The van der Waals surface area contributed by atoms with Crippen molar-refractivity contribution < 1.29 is 18.3 Å². The van der Waals surface area contributed by atoms with Crippen LogP contribution in [0.4, 0.5) is 13.2 Å². The van der Waals surface area contributed by atoms with Crippen molar-refractivity contribution in [3.8, 4) is 0 Å². The van der Waals surface area contributed by atoms with Crippen LogP contribution in [-0.4, -0.2) is 14.9 Å². The summed E-state index contributed by atoms with van der Waals surface area (Å²) < 4.78 is 40.2. The lowest BCUT2D eigenvalue weighted by Crippen LogP contribution is -2.08. The van der Waals surface area contributed by atoms with Gasteiger partial charge in [0.15, 0.2) is 0 Å². The lowest BCUT2D eigenvalue weighted by atomic mass is 10.0. The predicted molar refractivity (Wildman–Crippen MR) is 75.6 cm³/mol. The van der Waals surface area contributed by atoms with Gasteiger partial charge in [-0.05, 0) is 42.2 Å². The number of aromatic nitrogens is 2. The molecule has 1 N–H and O–H groups in total. The summed E-state index contributed by atoms with van der Waals surface area (Å²) in [6.45, 7) is 0. The molecule has 1 aromatic carbocycles. The number of hydrogen-bond acceptors (Lipinski definition) is 2. The SMILES string of the molecule is Cn1cc(CCC(O)c2cc(C(F)(F)F)ccc2Br)cn1. The molecule has 1 atom stereocenters. The number of aliphatic hydroxyl groups excluding tert-OH is 1. The highest BCUT2D eigenvalue weighted by atomic mass is 79.9. The van der Waals surface area contributed by atoms with Crippen LogP contribution in [0.2, 0.25) is 0 Å². The molecule has 0 radical (unpaired) electrons. The van der Waals surface area contributed by atoms with Gasteiger partial charge in [0.05, 0.1) is 17.9 Å². The molecule has 1 heterocycles. The fourth-order valence-electron chi connectivity index (χ4n) is 2.04. The molecule has 1 aromatic heterocycles. The van der Waals surface area contributed by atoms with Crippen molar-refractivity contribution in [2.75, 3.05) is 0 Å². The van der Waals surface area contributed by atoms with Gasteiger partial charge in [-0.3, -0.25) is 4.68 Å². The molecule has 21 heavy (non-hydrogen) atoms. The van der Waals surface area contributed by atoms with Crippen LogP contribution in [0.5, 0.6) is 0 Å². The smallest absolute Gasteiger partial charge is 0.388 e. The van der Waals surface area contributed by atoms with Crippen LogP contribution >= 0.6 is 15.9 Å². The fourth-order valence-corrected chi connectivity index (χ4v) is 2.55. The van der Waals surface area contributed by atoms with E-state index >= 15 is 0 Å². The second-order valence-corrected chi connectivity index (χ2v) is 5.67. The van der Waals surface area contributed by atoms with E-state index in [1.165, 1.54) is 6.07 Å². The van der Waals surface area contributed by atoms with E-state index in [-0.39, 0.29) is 5.56 Å². The topological polar surface area (TPSA) is 38.0 Å². The van der Waals surface area contributed by atoms with Crippen molar-refractivity contribution in [2.45, 2.75) is 25.1 Å². The molecule has 1 unspecified atom stereocenters. The summed E-state index contributed by atoms with van der Waals surface area (Å²) in [5.41, 5.74) is 0.412. The number of rotatable bonds is 4. The molecule has 0 aliphatic heterocycles. The van der Waals surface area contributed by atoms with Crippen molar-refractivity contribution in [1.82, 2.24) is 9.78 Å². The van der Waals surface area contributed by atoms with E-state index < -0.39 is 17.8 Å². The van der Waals surface area contributed by atoms with Gasteiger partial charge in [0.2, 0.25) is 0 Å². The van der Waals surface area contributed by atoms with Crippen LogP contribution in [0.1, 0.15) is 29.2 Å². The average Bonchev–Trinajstić information content (AvgIpc) is 2.81. The summed E-state index contributed by atoms with van der Waals surface area (Å²) in [5.74, 6) is 0. The van der Waals surface area contributed by atoms with Crippen LogP contribution in [0.15, 0.2) is 35.1 Å². The van der Waals surface area contributed by atoms with Crippen molar-refractivity contribution in [1.29, 1.82) is 0 Å². The van der Waals surface area contributed by atoms with E-state index in [1.54, 1.807) is 17.9 Å². The van der Waals surface area contributed by atoms with Gasteiger partial charge in [0.1, 0.15) is 0 Å². The number of benzene rings is 1. The maximum Gasteiger partial charge on any atom is 0.416 e. The van der Waals surface area contributed by atoms with Crippen molar-refractivity contribution in [3.05, 3.63) is 51.8 Å². The van der Waals surface area contributed by atoms with Crippen LogP contribution in [0, 0.1) is 0 Å². The zero-order chi connectivity index (χ0) is 15.6. The van der Waals surface area contributed by atoms with Crippen molar-refractivity contribution >= 4 is 15.9 Å². The minimum atomic E-state index is -4.42. The number of alkyl halides is 3. The number of nitrogens with zero attached hydrogens (tertiary/aromatic N) is 2. The van der Waals surface area contributed by atoms with E-state index in [0.29, 0.717) is 17.3 Å². The maximum atomic E-state index is 12.7. The molecule has 0 spiro atoms. The van der Waals surface area contributed by atoms with Crippen LogP contribution in [0.25, 0.3) is 0 Å². The summed E-state index contributed by atoms with van der Waals surface area (Å²) in [6.07, 6.45) is -1.04. The zero-order valence-electron chi connectivity index (χ0n) is 11.2. The predicted octanol–water partition coefficient (Wildman–Crippen LogP) is 3.87. The molecule has 0 bridgehead atoms. The molecular weight excluding hydrogens is 349 g/mol. The first kappa shape index (κ1) is 16.0. The van der Waals surface area contributed by atoms with Gasteiger partial charge in [-0.2, -0.15) is 18.3 Å². The second-order valence-electron chi connectivity index (χ2n) is 4.81. The molecule has 0 aliphatic rings. The average molecular weight is 363 g/mol. The quantitative estimate of drug-likeness (QED) is 0.896. The molecule has 7 heteroatoms. The highest BCUT2D eigenvalue weighted by molar-refractivity contribution is 9.10. The van der Waals surface area contributed by atoms with E-state index in [9.17, 15) is 18.3 Å². The Hall–Kier alpha value is -1.34. The highest BCUT2D eigenvalue weighted by Gasteiger charge is 2.31. The number of halogens is 4. The molecule has 0 fully saturated rings. The van der Waals surface area contributed by atoms with Crippen molar-refractivity contribution in [2.24, 2.45) is 7.05 Å². The van der Waals surface area contributed by atoms with Crippen molar-refractivity contribution in [3.63, 3.8) is 0 Å². The van der Waals surface area contributed by atoms with E-state index in [0.717, 1.165) is 17.7 Å². The summed E-state index contributed by atoms with van der Waals surface area (Å²) in [7, 11) is 1.78. The summed E-state index contributed by atoms with van der Waals surface area (Å²) >= 11 is 3.18. The van der Waals surface area contributed by atoms with Gasteiger partial charge in [-0.25, -0.2) is 0 Å².